The van der Waals surface area contributed by atoms with Crippen LogP contribution in [0.4, 0.5) is 0 Å². The van der Waals surface area contributed by atoms with Gasteiger partial charge in [0.25, 0.3) is 0 Å². The van der Waals surface area contributed by atoms with Gasteiger partial charge in [0.2, 0.25) is 0 Å². The molecule has 1 atom stereocenters. The van der Waals surface area contributed by atoms with Crippen LogP contribution in [0.25, 0.3) is 0 Å². The van der Waals surface area contributed by atoms with Crippen molar-refractivity contribution >= 4 is 0 Å². The van der Waals surface area contributed by atoms with Gasteiger partial charge in [0, 0.05) is 0 Å². The lowest BCUT2D eigenvalue weighted by Gasteiger charge is -2.13. The molecule has 4 heteroatoms. The summed E-state index contributed by atoms with van der Waals surface area (Å²) in [7, 11) is -1.73. The summed E-state index contributed by atoms with van der Waals surface area (Å²) in [5, 5.41) is 10.4. The van der Waals surface area contributed by atoms with Gasteiger partial charge < -0.3 is 19.3 Å². The van der Waals surface area contributed by atoms with Crippen molar-refractivity contribution in [2.75, 3.05) is 20.7 Å². The van der Waals surface area contributed by atoms with E-state index in [1.807, 2.05) is 0 Å². The fourth-order valence-corrected chi connectivity index (χ4v) is 2.05. The van der Waals surface area contributed by atoms with Crippen molar-refractivity contribution in [3.05, 3.63) is 53.4 Å². The molecule has 4 nitrogen and oxygen atoms in total. The molecule has 0 heterocycles. The average molecular weight is 357 g/mol. The molecule has 0 aliphatic heterocycles. The highest BCUT2D eigenvalue weighted by Crippen LogP contribution is 2.28. The third-order valence-electron chi connectivity index (χ3n) is 3.28. The van der Waals surface area contributed by atoms with Crippen LogP contribution in [-0.4, -0.2) is 31.9 Å². The molecule has 2 aromatic carbocycles. The van der Waals surface area contributed by atoms with E-state index in [4.69, 9.17) is 30.7 Å². The average Bonchev–Trinajstić information content (AvgIpc) is 2.81. The minimum absolute atomic E-state index is 0.0400. The summed E-state index contributed by atoms with van der Waals surface area (Å²) < 4.78 is 109. The first-order valence-electron chi connectivity index (χ1n) is 13.7. The summed E-state index contributed by atoms with van der Waals surface area (Å²) in [6.45, 7) is -1.35. The van der Waals surface area contributed by atoms with Gasteiger partial charge in [-0.15, -0.1) is 0 Å². The molecular formula is C21H28O4. The number of unbranched alkanes of at least 4 members (excludes halogenated alkanes) is 1. The topological polar surface area (TPSA) is 47.9 Å². The summed E-state index contributed by atoms with van der Waals surface area (Å²) in [6.07, 6.45) is -1.31. The van der Waals surface area contributed by atoms with Crippen molar-refractivity contribution in [3.63, 3.8) is 0 Å². The van der Waals surface area contributed by atoms with E-state index in [9.17, 15) is 5.11 Å². The molecule has 0 spiro atoms. The first-order chi connectivity index (χ1) is 16.9. The fraction of sp³-hybridized carbons (Fsp3) is 0.429. The zero-order valence-electron chi connectivity index (χ0n) is 26.1. The van der Waals surface area contributed by atoms with Gasteiger partial charge in [0.15, 0.2) is 11.5 Å². The Morgan fingerprint density at radius 1 is 1.16 bits per heavy atom. The van der Waals surface area contributed by atoms with Crippen LogP contribution in [0.3, 0.4) is 0 Å². The molecule has 2 aromatic rings. The van der Waals surface area contributed by atoms with E-state index < -0.39 is 61.4 Å². The Kier molecular flexibility index (Phi) is 3.36. The van der Waals surface area contributed by atoms with Gasteiger partial charge in [0.1, 0.15) is 12.3 Å². The Labute approximate surface area is 167 Å². The van der Waals surface area contributed by atoms with Crippen LogP contribution in [0.1, 0.15) is 46.8 Å². The number of hydrogen-bond donors (Lipinski definition) is 1. The third-order valence-corrected chi connectivity index (χ3v) is 3.28. The SMILES string of the molecule is [2H]c1c([2H])c(C)c([2H])c(OC([2H])([2H])C(O)CCCCc2c([2H])c([2H])c(OC([2H])([2H])[2H])c(OC)c2[2H])c1[2H]. The molecule has 1 N–H and O–H groups in total. The van der Waals surface area contributed by atoms with Gasteiger partial charge in [-0.1, -0.05) is 24.5 Å². The van der Waals surface area contributed by atoms with Gasteiger partial charge in [-0.05, 0) is 61.5 Å². The minimum Gasteiger partial charge on any atom is -0.493 e. The molecule has 2 rings (SSSR count). The van der Waals surface area contributed by atoms with E-state index in [1.165, 1.54) is 14.0 Å². The van der Waals surface area contributed by atoms with E-state index in [2.05, 4.69) is 0 Å². The maximum atomic E-state index is 10.4. The van der Waals surface area contributed by atoms with E-state index in [0.29, 0.717) is 0 Å². The van der Waals surface area contributed by atoms with Crippen LogP contribution < -0.4 is 14.2 Å². The van der Waals surface area contributed by atoms with Crippen molar-refractivity contribution in [1.29, 1.82) is 0 Å². The standard InChI is InChI=1S/C21H28O4/c1-16-7-6-10-19(13-16)25-15-18(22)9-5-4-8-17-11-12-20(23-2)21(14-17)24-3/h6-7,10-14,18,22H,4-5,8-9,15H2,1-3H3/i2D3,6D,7D,10D,11D,12D,13D,14D,15D2. The van der Waals surface area contributed by atoms with E-state index >= 15 is 0 Å². The van der Waals surface area contributed by atoms with E-state index in [-0.39, 0.29) is 54.6 Å². The fourth-order valence-electron chi connectivity index (χ4n) is 2.05. The summed E-state index contributed by atoms with van der Waals surface area (Å²) in [6, 6.07) is -3.18. The molecule has 0 fully saturated rings. The lowest BCUT2D eigenvalue weighted by Crippen LogP contribution is -2.17. The lowest BCUT2D eigenvalue weighted by atomic mass is 10.0. The van der Waals surface area contributed by atoms with Crippen molar-refractivity contribution in [1.82, 2.24) is 0 Å². The number of rotatable bonds is 10. The highest BCUT2D eigenvalue weighted by Gasteiger charge is 2.07. The Balaban J connectivity index is 2.13. The second kappa shape index (κ2) is 9.94. The van der Waals surface area contributed by atoms with Crippen molar-refractivity contribution < 1.29 is 35.8 Å². The number of ether oxygens (including phenoxy) is 3. The Morgan fingerprint density at radius 3 is 2.84 bits per heavy atom. The summed E-state index contributed by atoms with van der Waals surface area (Å²) in [4.78, 5) is 0. The second-order valence-electron chi connectivity index (χ2n) is 5.25. The highest BCUT2D eigenvalue weighted by molar-refractivity contribution is 5.42. The van der Waals surface area contributed by atoms with Crippen LogP contribution >= 0.6 is 0 Å². The van der Waals surface area contributed by atoms with Crippen molar-refractivity contribution in [2.24, 2.45) is 0 Å². The molecule has 0 saturated carbocycles. The van der Waals surface area contributed by atoms with Crippen LogP contribution in [0, 0.1) is 6.92 Å². The molecule has 0 bridgehead atoms. The Hall–Kier alpha value is -2.20. The monoisotopic (exact) mass is 356 g/mol. The van der Waals surface area contributed by atoms with Crippen molar-refractivity contribution in [2.45, 2.75) is 38.7 Å². The van der Waals surface area contributed by atoms with Crippen molar-refractivity contribution in [3.8, 4) is 17.2 Å². The number of aliphatic hydroxyl groups is 1. The van der Waals surface area contributed by atoms with Crippen LogP contribution in [-0.2, 0) is 6.42 Å². The molecule has 0 aliphatic rings. The number of benzene rings is 2. The van der Waals surface area contributed by atoms with E-state index in [1.54, 1.807) is 0 Å². The lowest BCUT2D eigenvalue weighted by molar-refractivity contribution is 0.0976. The molecule has 0 saturated heterocycles. The van der Waals surface area contributed by atoms with Crippen LogP contribution in [0.2, 0.25) is 0 Å². The van der Waals surface area contributed by atoms with Crippen LogP contribution in [0.15, 0.2) is 42.3 Å². The van der Waals surface area contributed by atoms with Crippen LogP contribution in [0.5, 0.6) is 17.2 Å². The molecule has 0 amide bonds. The zero-order chi connectivity index (χ0) is 28.5. The molecular weight excluding hydrogens is 316 g/mol. The minimum atomic E-state index is -2.91. The summed E-state index contributed by atoms with van der Waals surface area (Å²) in [5.74, 6) is -1.37. The predicted octanol–water partition coefficient (Wildman–Crippen LogP) is 4.16. The predicted molar refractivity (Wildman–Crippen MR) is 99.8 cm³/mol. The highest BCUT2D eigenvalue weighted by atomic mass is 16.5. The maximum Gasteiger partial charge on any atom is 0.160 e. The van der Waals surface area contributed by atoms with E-state index in [0.717, 1.165) is 0 Å². The zero-order valence-corrected chi connectivity index (χ0v) is 14.1. The molecule has 0 aromatic heterocycles. The number of methoxy groups -OCH3 is 2. The second-order valence-corrected chi connectivity index (χ2v) is 5.25. The normalized spacial score (nSPS) is 19.8. The smallest absolute Gasteiger partial charge is 0.160 e. The van der Waals surface area contributed by atoms with Gasteiger partial charge in [-0.25, -0.2) is 0 Å². The molecule has 136 valence electrons. The van der Waals surface area contributed by atoms with Gasteiger partial charge in [-0.2, -0.15) is 0 Å². The number of hydrogen-bond acceptors (Lipinski definition) is 4. The maximum absolute atomic E-state index is 10.4. The van der Waals surface area contributed by atoms with Gasteiger partial charge in [-0.3, -0.25) is 0 Å². The number of aliphatic hydroxyl groups excluding tert-OH is 1. The Bertz CT molecular complexity index is 1120. The quantitative estimate of drug-likeness (QED) is 0.649. The summed E-state index contributed by atoms with van der Waals surface area (Å²) in [5.41, 5.74) is 0.137. The van der Waals surface area contributed by atoms with Gasteiger partial charge >= 0.3 is 0 Å². The first kappa shape index (κ1) is 8.45. The molecule has 0 aliphatic carbocycles. The third kappa shape index (κ3) is 6.31. The molecule has 0 radical (unpaired) electrons. The van der Waals surface area contributed by atoms with Gasteiger partial charge in [0.05, 0.1) is 36.7 Å². The molecule has 1 unspecified atom stereocenters. The first-order valence-corrected chi connectivity index (χ1v) is 7.74. The summed E-state index contributed by atoms with van der Waals surface area (Å²) >= 11 is 0. The largest absolute Gasteiger partial charge is 0.493 e. The molecule has 25 heavy (non-hydrogen) atoms. The Morgan fingerprint density at radius 2 is 2.04 bits per heavy atom.